The highest BCUT2D eigenvalue weighted by Gasteiger charge is 2.16. The Balaban J connectivity index is 2.06. The number of hydrogen-bond donors (Lipinski definition) is 1. The first-order valence-electron chi connectivity index (χ1n) is 8.25. The van der Waals surface area contributed by atoms with E-state index in [0.717, 1.165) is 24.9 Å². The van der Waals surface area contributed by atoms with Gasteiger partial charge in [-0.15, -0.1) is 0 Å². The summed E-state index contributed by atoms with van der Waals surface area (Å²) in [5.41, 5.74) is 2.37. The first-order valence-corrected chi connectivity index (χ1v) is 8.25. The molecule has 3 heteroatoms. The van der Waals surface area contributed by atoms with Crippen LogP contribution in [-0.2, 0) is 11.2 Å². The van der Waals surface area contributed by atoms with Crippen LogP contribution in [0.15, 0.2) is 60.7 Å². The van der Waals surface area contributed by atoms with Crippen LogP contribution in [0.1, 0.15) is 30.5 Å². The Bertz CT molecular complexity index is 583. The number of hydrogen-bond acceptors (Lipinski definition) is 2. The van der Waals surface area contributed by atoms with E-state index in [0.29, 0.717) is 6.54 Å². The molecule has 0 heterocycles. The minimum atomic E-state index is 0.00104. The van der Waals surface area contributed by atoms with E-state index in [-0.39, 0.29) is 11.9 Å². The quantitative estimate of drug-likeness (QED) is 0.810. The summed E-state index contributed by atoms with van der Waals surface area (Å²) in [5, 5.41) is 3.19. The average Bonchev–Trinajstić information content (AvgIpc) is 2.56. The molecular formula is C20H26N2O. The van der Waals surface area contributed by atoms with Gasteiger partial charge in [0.2, 0.25) is 5.91 Å². The summed E-state index contributed by atoms with van der Waals surface area (Å²) in [4.78, 5) is 14.4. The SMILES string of the molecule is CCCN(C)CC(=O)NC(Cc1ccccc1)c1ccccc1. The molecule has 0 aliphatic rings. The summed E-state index contributed by atoms with van der Waals surface area (Å²) >= 11 is 0. The van der Waals surface area contributed by atoms with Crippen LogP contribution in [0.2, 0.25) is 0 Å². The van der Waals surface area contributed by atoms with Gasteiger partial charge in [0.05, 0.1) is 12.6 Å². The van der Waals surface area contributed by atoms with Gasteiger partial charge in [0.15, 0.2) is 0 Å². The molecule has 0 saturated heterocycles. The zero-order chi connectivity index (χ0) is 16.5. The third-order valence-corrected chi connectivity index (χ3v) is 3.84. The van der Waals surface area contributed by atoms with Crippen molar-refractivity contribution >= 4 is 5.91 Å². The Kier molecular flexibility index (Phi) is 6.82. The zero-order valence-electron chi connectivity index (χ0n) is 14.0. The topological polar surface area (TPSA) is 32.3 Å². The number of likely N-dealkylation sites (N-methyl/N-ethyl adjacent to an activating group) is 1. The fourth-order valence-electron chi connectivity index (χ4n) is 2.73. The third-order valence-electron chi connectivity index (χ3n) is 3.84. The summed E-state index contributed by atoms with van der Waals surface area (Å²) in [6.07, 6.45) is 1.85. The minimum Gasteiger partial charge on any atom is -0.348 e. The number of nitrogens with zero attached hydrogens (tertiary/aromatic N) is 1. The van der Waals surface area contributed by atoms with E-state index in [1.165, 1.54) is 5.56 Å². The van der Waals surface area contributed by atoms with Crippen LogP contribution in [0.25, 0.3) is 0 Å². The Morgan fingerprint density at radius 1 is 1.04 bits per heavy atom. The highest BCUT2D eigenvalue weighted by molar-refractivity contribution is 5.78. The fourth-order valence-corrected chi connectivity index (χ4v) is 2.73. The van der Waals surface area contributed by atoms with Crippen molar-refractivity contribution in [1.29, 1.82) is 0 Å². The molecule has 1 unspecified atom stereocenters. The number of rotatable bonds is 8. The highest BCUT2D eigenvalue weighted by atomic mass is 16.2. The van der Waals surface area contributed by atoms with Crippen LogP contribution < -0.4 is 5.32 Å². The standard InChI is InChI=1S/C20H26N2O/c1-3-14-22(2)16-20(23)21-19(18-12-8-5-9-13-18)15-17-10-6-4-7-11-17/h4-13,19H,3,14-16H2,1-2H3,(H,21,23). The Labute approximate surface area is 139 Å². The number of carbonyl (C=O) groups is 1. The van der Waals surface area contributed by atoms with Crippen molar-refractivity contribution < 1.29 is 4.79 Å². The van der Waals surface area contributed by atoms with E-state index >= 15 is 0 Å². The van der Waals surface area contributed by atoms with E-state index in [1.54, 1.807) is 0 Å². The second-order valence-corrected chi connectivity index (χ2v) is 5.96. The van der Waals surface area contributed by atoms with Gasteiger partial charge < -0.3 is 5.32 Å². The molecule has 0 aromatic heterocycles. The van der Waals surface area contributed by atoms with Gasteiger partial charge in [-0.25, -0.2) is 0 Å². The molecule has 1 N–H and O–H groups in total. The van der Waals surface area contributed by atoms with Crippen molar-refractivity contribution in [3.8, 4) is 0 Å². The van der Waals surface area contributed by atoms with E-state index in [2.05, 4.69) is 41.4 Å². The number of nitrogens with one attached hydrogen (secondary N) is 1. The van der Waals surface area contributed by atoms with Gasteiger partial charge in [-0.3, -0.25) is 9.69 Å². The molecule has 0 bridgehead atoms. The smallest absolute Gasteiger partial charge is 0.234 e. The predicted octanol–water partition coefficient (Wildman–Crippen LogP) is 3.43. The van der Waals surface area contributed by atoms with E-state index < -0.39 is 0 Å². The van der Waals surface area contributed by atoms with Crippen molar-refractivity contribution in [3.63, 3.8) is 0 Å². The Morgan fingerprint density at radius 2 is 1.65 bits per heavy atom. The van der Waals surface area contributed by atoms with Gasteiger partial charge in [0, 0.05) is 0 Å². The van der Waals surface area contributed by atoms with Gasteiger partial charge >= 0.3 is 0 Å². The molecule has 0 aliphatic heterocycles. The summed E-state index contributed by atoms with van der Waals surface area (Å²) in [7, 11) is 1.98. The molecular weight excluding hydrogens is 284 g/mol. The first kappa shape index (κ1) is 17.2. The number of amides is 1. The second kappa shape index (κ2) is 9.11. The van der Waals surface area contributed by atoms with Crippen LogP contribution in [0, 0.1) is 0 Å². The lowest BCUT2D eigenvalue weighted by molar-refractivity contribution is -0.122. The van der Waals surface area contributed by atoms with E-state index in [1.807, 2.05) is 43.4 Å². The van der Waals surface area contributed by atoms with Crippen LogP contribution >= 0.6 is 0 Å². The van der Waals surface area contributed by atoms with Crippen molar-refractivity contribution in [2.24, 2.45) is 0 Å². The third kappa shape index (κ3) is 5.87. The summed E-state index contributed by atoms with van der Waals surface area (Å²) in [6.45, 7) is 3.49. The van der Waals surface area contributed by atoms with Gasteiger partial charge in [-0.2, -0.15) is 0 Å². The minimum absolute atomic E-state index is 0.00104. The molecule has 0 saturated carbocycles. The van der Waals surface area contributed by atoms with Gasteiger partial charge in [-0.05, 0) is 37.6 Å². The molecule has 0 aliphatic carbocycles. The summed E-state index contributed by atoms with van der Waals surface area (Å²) < 4.78 is 0. The van der Waals surface area contributed by atoms with Gasteiger partial charge in [0.25, 0.3) is 0 Å². The van der Waals surface area contributed by atoms with Crippen molar-refractivity contribution in [2.45, 2.75) is 25.8 Å². The molecule has 1 atom stereocenters. The molecule has 2 aromatic rings. The molecule has 0 radical (unpaired) electrons. The largest absolute Gasteiger partial charge is 0.348 e. The predicted molar refractivity (Wildman–Crippen MR) is 95.3 cm³/mol. The number of carbonyl (C=O) groups excluding carboxylic acids is 1. The molecule has 23 heavy (non-hydrogen) atoms. The van der Waals surface area contributed by atoms with Crippen LogP contribution in [0.5, 0.6) is 0 Å². The second-order valence-electron chi connectivity index (χ2n) is 5.96. The molecule has 2 aromatic carbocycles. The fraction of sp³-hybridized carbons (Fsp3) is 0.350. The first-order chi connectivity index (χ1) is 11.2. The van der Waals surface area contributed by atoms with Crippen molar-refractivity contribution in [3.05, 3.63) is 71.8 Å². The molecule has 1 amide bonds. The molecule has 0 fully saturated rings. The normalized spacial score (nSPS) is 12.1. The lowest BCUT2D eigenvalue weighted by atomic mass is 9.99. The zero-order valence-corrected chi connectivity index (χ0v) is 14.0. The maximum atomic E-state index is 12.3. The summed E-state index contributed by atoms with van der Waals surface area (Å²) in [6, 6.07) is 20.5. The van der Waals surface area contributed by atoms with Crippen LogP contribution in [0.4, 0.5) is 0 Å². The van der Waals surface area contributed by atoms with Crippen LogP contribution in [0.3, 0.4) is 0 Å². The Hall–Kier alpha value is -2.13. The number of benzene rings is 2. The maximum absolute atomic E-state index is 12.3. The Morgan fingerprint density at radius 3 is 2.26 bits per heavy atom. The van der Waals surface area contributed by atoms with Gasteiger partial charge in [0.1, 0.15) is 0 Å². The summed E-state index contributed by atoms with van der Waals surface area (Å²) in [5.74, 6) is 0.0748. The van der Waals surface area contributed by atoms with Gasteiger partial charge in [-0.1, -0.05) is 67.6 Å². The van der Waals surface area contributed by atoms with Crippen molar-refractivity contribution in [1.82, 2.24) is 10.2 Å². The van der Waals surface area contributed by atoms with E-state index in [9.17, 15) is 4.79 Å². The monoisotopic (exact) mass is 310 g/mol. The molecule has 2 rings (SSSR count). The lowest BCUT2D eigenvalue weighted by Crippen LogP contribution is -2.38. The van der Waals surface area contributed by atoms with Crippen molar-refractivity contribution in [2.75, 3.05) is 20.1 Å². The molecule has 3 nitrogen and oxygen atoms in total. The molecule has 0 spiro atoms. The maximum Gasteiger partial charge on any atom is 0.234 e. The lowest BCUT2D eigenvalue weighted by Gasteiger charge is -2.22. The average molecular weight is 310 g/mol. The van der Waals surface area contributed by atoms with Crippen LogP contribution in [-0.4, -0.2) is 30.9 Å². The van der Waals surface area contributed by atoms with E-state index in [4.69, 9.17) is 0 Å². The highest BCUT2D eigenvalue weighted by Crippen LogP contribution is 2.18. The molecule has 122 valence electrons.